The molecule has 0 spiro atoms. The van der Waals surface area contributed by atoms with Crippen LogP contribution in [0.15, 0.2) is 64.8 Å². The molecule has 1 aromatic heterocycles. The lowest BCUT2D eigenvalue weighted by atomic mass is 9.74. The number of hydrogen-bond acceptors (Lipinski definition) is 5. The number of aliphatic imine (C=N–C) groups is 1. The van der Waals surface area contributed by atoms with Crippen molar-refractivity contribution in [1.29, 1.82) is 0 Å². The monoisotopic (exact) mass is 656 g/mol. The van der Waals surface area contributed by atoms with Crippen molar-refractivity contribution in [2.45, 2.75) is 105 Å². The Labute approximate surface area is 280 Å². The summed E-state index contributed by atoms with van der Waals surface area (Å²) in [7, 11) is 0.428. The molecule has 3 N–H and O–H groups in total. The number of benzene rings is 1. The van der Waals surface area contributed by atoms with Gasteiger partial charge in [0.2, 0.25) is 5.91 Å². The Morgan fingerprint density at radius 1 is 1.09 bits per heavy atom. The van der Waals surface area contributed by atoms with Gasteiger partial charge in [-0.15, -0.1) is 6.58 Å². The smallest absolute Gasteiger partial charge is 0.236 e. The highest BCUT2D eigenvalue weighted by atomic mass is 32.1. The molecule has 0 fully saturated rings. The topological polar surface area (TPSA) is 74.8 Å². The Balaban J connectivity index is 1.93. The van der Waals surface area contributed by atoms with Crippen molar-refractivity contribution in [3.63, 3.8) is 0 Å². The molecule has 2 aromatic rings. The number of unbranched alkanes of at least 4 members (excludes halogenated alkanes) is 1. The third-order valence-electron chi connectivity index (χ3n) is 8.98. The molecule has 6 atom stereocenters. The maximum Gasteiger partial charge on any atom is 0.236 e. The van der Waals surface area contributed by atoms with E-state index < -0.39 is 0 Å². The third-order valence-corrected chi connectivity index (χ3v) is 10.9. The maximum atomic E-state index is 12.8. The Hall–Kier alpha value is -2.05. The molecule has 2 rings (SSSR count). The number of hydrogen-bond donors (Lipinski definition) is 3. The number of nitrogens with zero attached hydrogens (tertiary/aromatic N) is 1. The number of amides is 1. The van der Waals surface area contributed by atoms with Crippen LogP contribution in [-0.2, 0) is 15.7 Å². The molecule has 6 unspecified atom stereocenters. The second-order valence-corrected chi connectivity index (χ2v) is 14.9. The summed E-state index contributed by atoms with van der Waals surface area (Å²) < 4.78 is 6.32. The van der Waals surface area contributed by atoms with E-state index in [9.17, 15) is 4.79 Å². The van der Waals surface area contributed by atoms with Crippen LogP contribution >= 0.6 is 20.1 Å². The zero-order valence-electron chi connectivity index (χ0n) is 29.0. The minimum absolute atomic E-state index is 0.000962. The number of nitrogens with one attached hydrogen (secondary N) is 3. The van der Waals surface area contributed by atoms with Crippen molar-refractivity contribution in [1.82, 2.24) is 16.0 Å². The van der Waals surface area contributed by atoms with E-state index in [0.717, 1.165) is 44.5 Å². The Morgan fingerprint density at radius 2 is 1.84 bits per heavy atom. The highest BCUT2D eigenvalue weighted by molar-refractivity contribution is 7.32. The molecule has 0 aliphatic rings. The summed E-state index contributed by atoms with van der Waals surface area (Å²) in [5.41, 5.74) is 3.28. The quantitative estimate of drug-likeness (QED) is 0.0368. The van der Waals surface area contributed by atoms with Crippen LogP contribution in [-0.4, -0.2) is 50.1 Å². The van der Waals surface area contributed by atoms with Crippen molar-refractivity contribution in [3.05, 3.63) is 70.9 Å². The van der Waals surface area contributed by atoms with Crippen molar-refractivity contribution in [2.24, 2.45) is 22.2 Å². The van der Waals surface area contributed by atoms with Gasteiger partial charge < -0.3 is 15.2 Å². The highest BCUT2D eigenvalue weighted by Crippen LogP contribution is 2.47. The van der Waals surface area contributed by atoms with E-state index >= 15 is 0 Å². The largest absolute Gasteiger partial charge is 0.374 e. The summed E-state index contributed by atoms with van der Waals surface area (Å²) in [5, 5.41) is 14.3. The van der Waals surface area contributed by atoms with Crippen LogP contribution in [0.3, 0.4) is 0 Å². The summed E-state index contributed by atoms with van der Waals surface area (Å²) in [6.07, 6.45) is 8.11. The van der Waals surface area contributed by atoms with Gasteiger partial charge >= 0.3 is 0 Å². The van der Waals surface area contributed by atoms with Gasteiger partial charge in [0.1, 0.15) is 5.84 Å². The summed E-state index contributed by atoms with van der Waals surface area (Å²) in [4.78, 5) is 17.8. The molecule has 0 saturated carbocycles. The SMILES string of the molecule is C=CC(NC(C)C(=O)NCCc1ccsc1)C(C)C(=NCCCOPC(CC(C)(C)C(C)CC)c1ccccc1)NCCCC. The average Bonchev–Trinajstić information content (AvgIpc) is 3.56. The summed E-state index contributed by atoms with van der Waals surface area (Å²) in [6.45, 7) is 22.7. The zero-order valence-corrected chi connectivity index (χ0v) is 30.8. The second kappa shape index (κ2) is 21.7. The van der Waals surface area contributed by atoms with E-state index in [0.29, 0.717) is 40.1 Å². The first-order valence-electron chi connectivity index (χ1n) is 17.0. The lowest BCUT2D eigenvalue weighted by Crippen LogP contribution is -2.51. The fraction of sp³-hybridized carbons (Fsp3) is 0.622. The molecule has 0 bridgehead atoms. The van der Waals surface area contributed by atoms with Gasteiger partial charge in [0, 0.05) is 46.1 Å². The van der Waals surface area contributed by atoms with Crippen LogP contribution in [0.5, 0.6) is 0 Å². The standard InChI is InChI=1S/C37H61N4O2PS/c1-9-12-21-38-35(29(5)33(11-3)41-30(6)36(42)40-23-19-31-20-25-45-27-31)39-22-16-24-43-44-34(32-17-14-13-15-18-32)26-37(7,8)28(4)10-2/h11,13-15,17-18,20,25,27-30,33-34,41,44H,3,9-10,12,16,19,21-24,26H2,1-2,4-8H3,(H,38,39)(H,40,42). The normalized spacial score (nSPS) is 15.8. The molecule has 1 amide bonds. The van der Waals surface area contributed by atoms with Gasteiger partial charge in [-0.3, -0.25) is 15.1 Å². The van der Waals surface area contributed by atoms with Crippen LogP contribution in [0, 0.1) is 17.3 Å². The molecule has 0 radical (unpaired) electrons. The van der Waals surface area contributed by atoms with E-state index in [1.807, 2.05) is 13.0 Å². The molecule has 0 aliphatic heterocycles. The second-order valence-electron chi connectivity index (χ2n) is 12.9. The van der Waals surface area contributed by atoms with Crippen LogP contribution in [0.1, 0.15) is 97.4 Å². The van der Waals surface area contributed by atoms with E-state index in [2.05, 4.69) is 111 Å². The molecular weight excluding hydrogens is 595 g/mol. The van der Waals surface area contributed by atoms with E-state index in [-0.39, 0.29) is 29.3 Å². The number of thiophene rings is 1. The molecule has 1 heterocycles. The molecule has 6 nitrogen and oxygen atoms in total. The Morgan fingerprint density at radius 3 is 2.49 bits per heavy atom. The molecule has 8 heteroatoms. The predicted octanol–water partition coefficient (Wildman–Crippen LogP) is 8.57. The summed E-state index contributed by atoms with van der Waals surface area (Å²) in [5.74, 6) is 1.67. The van der Waals surface area contributed by atoms with E-state index in [1.54, 1.807) is 11.3 Å². The van der Waals surface area contributed by atoms with Gasteiger partial charge in [0.05, 0.1) is 12.6 Å². The van der Waals surface area contributed by atoms with Crippen LogP contribution in [0.4, 0.5) is 0 Å². The van der Waals surface area contributed by atoms with Crippen LogP contribution in [0.25, 0.3) is 0 Å². The summed E-state index contributed by atoms with van der Waals surface area (Å²) in [6, 6.07) is 12.5. The van der Waals surface area contributed by atoms with Gasteiger partial charge in [-0.25, -0.2) is 0 Å². The molecule has 45 heavy (non-hydrogen) atoms. The van der Waals surface area contributed by atoms with Gasteiger partial charge in [0.15, 0.2) is 0 Å². The number of carbonyl (C=O) groups is 1. The van der Waals surface area contributed by atoms with Gasteiger partial charge in [-0.1, -0.05) is 90.8 Å². The Kier molecular flexibility index (Phi) is 18.9. The highest BCUT2D eigenvalue weighted by Gasteiger charge is 2.29. The maximum absolute atomic E-state index is 12.8. The van der Waals surface area contributed by atoms with Crippen molar-refractivity contribution < 1.29 is 9.32 Å². The van der Waals surface area contributed by atoms with Crippen molar-refractivity contribution in [2.75, 3.05) is 26.2 Å². The molecule has 0 saturated heterocycles. The molecule has 0 aliphatic carbocycles. The fourth-order valence-electron chi connectivity index (χ4n) is 5.31. The number of carbonyl (C=O) groups excluding carboxylic acids is 1. The fourth-order valence-corrected chi connectivity index (χ4v) is 7.42. The third kappa shape index (κ3) is 14.5. The number of rotatable bonds is 23. The molecular formula is C37H61N4O2PS. The average molecular weight is 657 g/mol. The van der Waals surface area contributed by atoms with Crippen LogP contribution < -0.4 is 16.0 Å². The van der Waals surface area contributed by atoms with Crippen molar-refractivity contribution >= 4 is 31.9 Å². The minimum atomic E-state index is -0.341. The van der Waals surface area contributed by atoms with E-state index in [1.165, 1.54) is 17.5 Å². The van der Waals surface area contributed by atoms with Gasteiger partial charge in [0.25, 0.3) is 0 Å². The molecule has 1 aromatic carbocycles. The lowest BCUT2D eigenvalue weighted by molar-refractivity contribution is -0.122. The first kappa shape index (κ1) is 39.1. The lowest BCUT2D eigenvalue weighted by Gasteiger charge is -2.35. The van der Waals surface area contributed by atoms with E-state index in [4.69, 9.17) is 9.52 Å². The summed E-state index contributed by atoms with van der Waals surface area (Å²) >= 11 is 1.68. The Bertz CT molecular complexity index is 1110. The zero-order chi connectivity index (χ0) is 33.1. The minimum Gasteiger partial charge on any atom is -0.374 e. The number of amidine groups is 1. The van der Waals surface area contributed by atoms with Crippen molar-refractivity contribution in [3.8, 4) is 0 Å². The van der Waals surface area contributed by atoms with Gasteiger partial charge in [-0.2, -0.15) is 11.3 Å². The molecule has 252 valence electrons. The predicted molar refractivity (Wildman–Crippen MR) is 198 cm³/mol. The van der Waals surface area contributed by atoms with Gasteiger partial charge in [-0.05, 0) is 71.9 Å². The first-order chi connectivity index (χ1) is 21.6. The van der Waals surface area contributed by atoms with Crippen LogP contribution in [0.2, 0.25) is 0 Å². The first-order valence-corrected chi connectivity index (χ1v) is 18.9.